The highest BCUT2D eigenvalue weighted by Crippen LogP contribution is 2.19. The zero-order chi connectivity index (χ0) is 13.2. The van der Waals surface area contributed by atoms with E-state index in [-0.39, 0.29) is 5.78 Å². The molecule has 1 aromatic carbocycles. The zero-order valence-corrected chi connectivity index (χ0v) is 10.5. The first-order valence-electron chi connectivity index (χ1n) is 6.06. The molecule has 0 saturated heterocycles. The molecule has 0 aliphatic carbocycles. The summed E-state index contributed by atoms with van der Waals surface area (Å²) in [5.41, 5.74) is 2.92. The van der Waals surface area contributed by atoms with Gasteiger partial charge in [-0.1, -0.05) is 18.2 Å². The van der Waals surface area contributed by atoms with Crippen LogP contribution in [0.5, 0.6) is 0 Å². The minimum absolute atomic E-state index is 0.0412. The topological polar surface area (TPSA) is 42.9 Å². The van der Waals surface area contributed by atoms with Gasteiger partial charge >= 0.3 is 0 Å². The van der Waals surface area contributed by atoms with Crippen LogP contribution in [0.3, 0.4) is 0 Å². The molecule has 0 amide bonds. The van der Waals surface area contributed by atoms with E-state index in [1.807, 2.05) is 37.3 Å². The van der Waals surface area contributed by atoms with Crippen molar-refractivity contribution in [1.82, 2.24) is 9.97 Å². The van der Waals surface area contributed by atoms with Crippen LogP contribution in [0.25, 0.3) is 10.9 Å². The second kappa shape index (κ2) is 4.61. The predicted octanol–water partition coefficient (Wildman–Crippen LogP) is 3.17. The van der Waals surface area contributed by atoms with Gasteiger partial charge in [-0.05, 0) is 30.7 Å². The Balaban J connectivity index is 2.17. The second-order valence-corrected chi connectivity index (χ2v) is 4.46. The summed E-state index contributed by atoms with van der Waals surface area (Å²) in [5, 5.41) is 0.967. The lowest BCUT2D eigenvalue weighted by Gasteiger charge is -2.05. The van der Waals surface area contributed by atoms with Crippen molar-refractivity contribution in [3.63, 3.8) is 0 Å². The molecule has 0 N–H and O–H groups in total. The molecule has 0 radical (unpaired) electrons. The van der Waals surface area contributed by atoms with Gasteiger partial charge in [0.1, 0.15) is 0 Å². The van der Waals surface area contributed by atoms with Crippen molar-refractivity contribution >= 4 is 16.7 Å². The smallest absolute Gasteiger partial charge is 0.196 e. The Morgan fingerprint density at radius 1 is 1.11 bits per heavy atom. The van der Waals surface area contributed by atoms with E-state index in [2.05, 4.69) is 9.97 Å². The number of nitrogens with zero attached hydrogens (tertiary/aromatic N) is 2. The van der Waals surface area contributed by atoms with Crippen molar-refractivity contribution in [3.05, 3.63) is 71.7 Å². The molecule has 19 heavy (non-hydrogen) atoms. The SMILES string of the molecule is Cc1cncc(C(=O)c2cccc3cccnc23)c1. The van der Waals surface area contributed by atoms with Crippen LogP contribution in [0.15, 0.2) is 55.0 Å². The fourth-order valence-corrected chi connectivity index (χ4v) is 2.12. The second-order valence-electron chi connectivity index (χ2n) is 4.46. The number of carbonyl (C=O) groups excluding carboxylic acids is 1. The van der Waals surface area contributed by atoms with E-state index in [1.165, 1.54) is 0 Å². The first kappa shape index (κ1) is 11.5. The number of carbonyl (C=O) groups is 1. The maximum absolute atomic E-state index is 12.5. The minimum atomic E-state index is -0.0412. The van der Waals surface area contributed by atoms with Crippen molar-refractivity contribution in [1.29, 1.82) is 0 Å². The highest BCUT2D eigenvalue weighted by molar-refractivity contribution is 6.15. The van der Waals surface area contributed by atoms with E-state index in [0.29, 0.717) is 11.1 Å². The maximum atomic E-state index is 12.5. The molecule has 0 aliphatic rings. The Morgan fingerprint density at radius 3 is 2.79 bits per heavy atom. The van der Waals surface area contributed by atoms with E-state index in [4.69, 9.17) is 0 Å². The number of rotatable bonds is 2. The molecule has 3 heteroatoms. The molecule has 0 spiro atoms. The van der Waals surface area contributed by atoms with Gasteiger partial charge in [0.15, 0.2) is 5.78 Å². The molecule has 0 bridgehead atoms. The summed E-state index contributed by atoms with van der Waals surface area (Å²) < 4.78 is 0. The van der Waals surface area contributed by atoms with Gasteiger partial charge in [-0.25, -0.2) is 0 Å². The largest absolute Gasteiger partial charge is 0.288 e. The highest BCUT2D eigenvalue weighted by Gasteiger charge is 2.13. The van der Waals surface area contributed by atoms with E-state index < -0.39 is 0 Å². The van der Waals surface area contributed by atoms with E-state index in [1.54, 1.807) is 24.7 Å². The third kappa shape index (κ3) is 2.10. The Kier molecular flexibility index (Phi) is 2.80. The first-order chi connectivity index (χ1) is 9.25. The number of hydrogen-bond donors (Lipinski definition) is 0. The molecule has 92 valence electrons. The number of aryl methyl sites for hydroxylation is 1. The van der Waals surface area contributed by atoms with Crippen LogP contribution in [0.2, 0.25) is 0 Å². The summed E-state index contributed by atoms with van der Waals surface area (Å²) in [7, 11) is 0. The van der Waals surface area contributed by atoms with E-state index in [0.717, 1.165) is 16.5 Å². The van der Waals surface area contributed by atoms with E-state index in [9.17, 15) is 4.79 Å². The summed E-state index contributed by atoms with van der Waals surface area (Å²) in [6.07, 6.45) is 5.03. The van der Waals surface area contributed by atoms with Crippen LogP contribution in [0.1, 0.15) is 21.5 Å². The Morgan fingerprint density at radius 2 is 1.95 bits per heavy atom. The molecule has 0 atom stereocenters. The minimum Gasteiger partial charge on any atom is -0.288 e. The number of para-hydroxylation sites is 1. The lowest BCUT2D eigenvalue weighted by atomic mass is 10.0. The molecular weight excluding hydrogens is 236 g/mol. The standard InChI is InChI=1S/C16H12N2O/c1-11-8-13(10-17-9-11)16(19)14-6-2-4-12-5-3-7-18-15(12)14/h2-10H,1H3. The number of ketones is 1. The Labute approximate surface area is 111 Å². The van der Waals surface area contributed by atoms with Gasteiger partial charge in [0, 0.05) is 35.1 Å². The Hall–Kier alpha value is -2.55. The normalized spacial score (nSPS) is 10.6. The van der Waals surface area contributed by atoms with Crippen LogP contribution < -0.4 is 0 Å². The summed E-state index contributed by atoms with van der Waals surface area (Å²) in [6, 6.07) is 11.3. The summed E-state index contributed by atoms with van der Waals surface area (Å²) in [6.45, 7) is 1.92. The lowest BCUT2D eigenvalue weighted by Crippen LogP contribution is -2.03. The molecule has 3 nitrogen and oxygen atoms in total. The maximum Gasteiger partial charge on any atom is 0.196 e. The summed E-state index contributed by atoms with van der Waals surface area (Å²) in [4.78, 5) is 20.9. The van der Waals surface area contributed by atoms with Crippen LogP contribution >= 0.6 is 0 Å². The number of fused-ring (bicyclic) bond motifs is 1. The van der Waals surface area contributed by atoms with Gasteiger partial charge in [-0.15, -0.1) is 0 Å². The molecular formula is C16H12N2O. The van der Waals surface area contributed by atoms with Gasteiger partial charge in [-0.2, -0.15) is 0 Å². The van der Waals surface area contributed by atoms with E-state index >= 15 is 0 Å². The summed E-state index contributed by atoms with van der Waals surface area (Å²) in [5.74, 6) is -0.0412. The van der Waals surface area contributed by atoms with Crippen molar-refractivity contribution in [2.75, 3.05) is 0 Å². The van der Waals surface area contributed by atoms with Gasteiger partial charge in [0.25, 0.3) is 0 Å². The highest BCUT2D eigenvalue weighted by atomic mass is 16.1. The number of benzene rings is 1. The monoisotopic (exact) mass is 248 g/mol. The van der Waals surface area contributed by atoms with Crippen LogP contribution in [0, 0.1) is 6.92 Å². The molecule has 3 aromatic rings. The van der Waals surface area contributed by atoms with Gasteiger partial charge < -0.3 is 0 Å². The van der Waals surface area contributed by atoms with Crippen molar-refractivity contribution < 1.29 is 4.79 Å². The molecule has 0 unspecified atom stereocenters. The lowest BCUT2D eigenvalue weighted by molar-refractivity contribution is 0.103. The average molecular weight is 248 g/mol. The van der Waals surface area contributed by atoms with Crippen LogP contribution in [-0.2, 0) is 0 Å². The quantitative estimate of drug-likeness (QED) is 0.654. The number of aromatic nitrogens is 2. The van der Waals surface area contributed by atoms with Crippen molar-refractivity contribution in [2.45, 2.75) is 6.92 Å². The number of hydrogen-bond acceptors (Lipinski definition) is 3. The third-order valence-corrected chi connectivity index (χ3v) is 3.01. The van der Waals surface area contributed by atoms with Crippen molar-refractivity contribution in [3.8, 4) is 0 Å². The van der Waals surface area contributed by atoms with Crippen molar-refractivity contribution in [2.24, 2.45) is 0 Å². The molecule has 2 heterocycles. The van der Waals surface area contributed by atoms with Crippen LogP contribution in [-0.4, -0.2) is 15.8 Å². The van der Waals surface area contributed by atoms with Crippen LogP contribution in [0.4, 0.5) is 0 Å². The van der Waals surface area contributed by atoms with Gasteiger partial charge in [0.2, 0.25) is 0 Å². The van der Waals surface area contributed by atoms with Gasteiger partial charge in [-0.3, -0.25) is 14.8 Å². The molecule has 0 saturated carbocycles. The zero-order valence-electron chi connectivity index (χ0n) is 10.5. The molecule has 0 aliphatic heterocycles. The summed E-state index contributed by atoms with van der Waals surface area (Å²) >= 11 is 0. The molecule has 3 rings (SSSR count). The van der Waals surface area contributed by atoms with Gasteiger partial charge in [0.05, 0.1) is 5.52 Å². The fourth-order valence-electron chi connectivity index (χ4n) is 2.12. The molecule has 0 fully saturated rings. The molecule has 2 aromatic heterocycles. The predicted molar refractivity (Wildman–Crippen MR) is 74.1 cm³/mol. The first-order valence-corrected chi connectivity index (χ1v) is 6.06. The number of pyridine rings is 2. The average Bonchev–Trinajstić information content (AvgIpc) is 2.46. The Bertz CT molecular complexity index is 760. The fraction of sp³-hybridized carbons (Fsp3) is 0.0625. The third-order valence-electron chi connectivity index (χ3n) is 3.01.